The second-order valence-electron chi connectivity index (χ2n) is 4.22. The third-order valence-electron chi connectivity index (χ3n) is 2.62. The highest BCUT2D eigenvalue weighted by Crippen LogP contribution is 2.20. The van der Waals surface area contributed by atoms with E-state index in [1.54, 1.807) is 6.92 Å². The van der Waals surface area contributed by atoms with Gasteiger partial charge in [-0.1, -0.05) is 28.9 Å². The lowest BCUT2D eigenvalue weighted by atomic mass is 10.2. The maximum Gasteiger partial charge on any atom is 0.319 e. The Labute approximate surface area is 120 Å². The van der Waals surface area contributed by atoms with Gasteiger partial charge >= 0.3 is 12.0 Å². The van der Waals surface area contributed by atoms with E-state index in [0.29, 0.717) is 0 Å². The highest BCUT2D eigenvalue weighted by Gasteiger charge is 2.14. The summed E-state index contributed by atoms with van der Waals surface area (Å²) in [6, 6.07) is 5.27. The monoisotopic (exact) mass is 328 g/mol. The van der Waals surface area contributed by atoms with Crippen LogP contribution in [0.2, 0.25) is 0 Å². The minimum Gasteiger partial charge on any atom is -0.469 e. The summed E-state index contributed by atoms with van der Waals surface area (Å²) in [7, 11) is 1.32. The van der Waals surface area contributed by atoms with Crippen molar-refractivity contribution < 1.29 is 14.3 Å². The summed E-state index contributed by atoms with van der Waals surface area (Å²) in [6.45, 7) is 3.82. The average molecular weight is 329 g/mol. The Hall–Kier alpha value is -1.56. The number of halogens is 1. The second kappa shape index (κ2) is 7.13. The molecule has 104 valence electrons. The van der Waals surface area contributed by atoms with E-state index < -0.39 is 0 Å². The topological polar surface area (TPSA) is 67.4 Å². The van der Waals surface area contributed by atoms with Crippen molar-refractivity contribution in [1.29, 1.82) is 0 Å². The first kappa shape index (κ1) is 15.5. The molecule has 5 nitrogen and oxygen atoms in total. The number of benzene rings is 1. The fraction of sp³-hybridized carbons (Fsp3) is 0.385. The number of rotatable bonds is 4. The largest absolute Gasteiger partial charge is 0.469 e. The van der Waals surface area contributed by atoms with E-state index in [0.717, 1.165) is 15.7 Å². The third kappa shape index (κ3) is 4.90. The molecule has 0 aromatic heterocycles. The molecule has 0 saturated heterocycles. The summed E-state index contributed by atoms with van der Waals surface area (Å²) in [6.07, 6.45) is 0. The van der Waals surface area contributed by atoms with Gasteiger partial charge in [-0.05, 0) is 24.6 Å². The molecular formula is C13H17BrN2O3. The molecule has 0 radical (unpaired) electrons. The number of ether oxygens (including phenoxy) is 1. The molecule has 1 aromatic rings. The molecule has 0 spiro atoms. The number of methoxy groups -OCH3 is 1. The zero-order valence-electron chi connectivity index (χ0n) is 11.1. The van der Waals surface area contributed by atoms with E-state index in [-0.39, 0.29) is 24.5 Å². The molecule has 0 heterocycles. The van der Waals surface area contributed by atoms with Crippen LogP contribution in [0.3, 0.4) is 0 Å². The van der Waals surface area contributed by atoms with E-state index >= 15 is 0 Å². The zero-order chi connectivity index (χ0) is 14.4. The van der Waals surface area contributed by atoms with Crippen LogP contribution in [0.25, 0.3) is 0 Å². The number of esters is 1. The molecule has 0 saturated carbocycles. The van der Waals surface area contributed by atoms with Crippen molar-refractivity contribution in [3.05, 3.63) is 28.2 Å². The number of amides is 2. The lowest BCUT2D eigenvalue weighted by Crippen LogP contribution is -2.35. The lowest BCUT2D eigenvalue weighted by Gasteiger charge is -2.12. The van der Waals surface area contributed by atoms with Gasteiger partial charge in [0.05, 0.1) is 13.0 Å². The standard InChI is InChI=1S/C13H17BrN2O3/c1-8-4-5-10(14)6-11(8)16-13(18)15-7-9(2)12(17)19-3/h4-6,9H,7H2,1-3H3,(H2,15,16,18). The number of carbonyl (C=O) groups excluding carboxylic acids is 2. The summed E-state index contributed by atoms with van der Waals surface area (Å²) in [4.78, 5) is 22.9. The van der Waals surface area contributed by atoms with Gasteiger partial charge in [-0.2, -0.15) is 0 Å². The molecule has 1 aromatic carbocycles. The molecule has 0 fully saturated rings. The van der Waals surface area contributed by atoms with E-state index in [4.69, 9.17) is 0 Å². The highest BCUT2D eigenvalue weighted by atomic mass is 79.9. The maximum atomic E-state index is 11.7. The molecule has 19 heavy (non-hydrogen) atoms. The lowest BCUT2D eigenvalue weighted by molar-refractivity contribution is -0.144. The Morgan fingerprint density at radius 1 is 1.42 bits per heavy atom. The number of hydrogen-bond donors (Lipinski definition) is 2. The zero-order valence-corrected chi connectivity index (χ0v) is 12.7. The van der Waals surface area contributed by atoms with Crippen LogP contribution in [0, 0.1) is 12.8 Å². The first-order valence-corrected chi connectivity index (χ1v) is 6.62. The van der Waals surface area contributed by atoms with Crippen molar-refractivity contribution >= 4 is 33.6 Å². The Bertz CT molecular complexity index is 477. The number of hydrogen-bond acceptors (Lipinski definition) is 3. The molecule has 2 N–H and O–H groups in total. The minimum absolute atomic E-state index is 0.228. The third-order valence-corrected chi connectivity index (χ3v) is 3.11. The van der Waals surface area contributed by atoms with Crippen molar-refractivity contribution in [3.8, 4) is 0 Å². The van der Waals surface area contributed by atoms with E-state index in [9.17, 15) is 9.59 Å². The average Bonchev–Trinajstić information content (AvgIpc) is 2.39. The molecule has 1 unspecified atom stereocenters. The number of nitrogens with one attached hydrogen (secondary N) is 2. The van der Waals surface area contributed by atoms with E-state index in [1.807, 2.05) is 25.1 Å². The van der Waals surface area contributed by atoms with Gasteiger partial charge in [-0.3, -0.25) is 4.79 Å². The molecule has 0 aliphatic heterocycles. The number of urea groups is 1. The van der Waals surface area contributed by atoms with Crippen LogP contribution < -0.4 is 10.6 Å². The number of anilines is 1. The Balaban J connectivity index is 2.52. The second-order valence-corrected chi connectivity index (χ2v) is 5.13. The molecule has 1 rings (SSSR count). The summed E-state index contributed by atoms with van der Waals surface area (Å²) in [5.74, 6) is -0.724. The maximum absolute atomic E-state index is 11.7. The molecule has 0 bridgehead atoms. The SMILES string of the molecule is COC(=O)C(C)CNC(=O)Nc1cc(Br)ccc1C. The molecule has 6 heteroatoms. The van der Waals surface area contributed by atoms with Gasteiger partial charge in [0.1, 0.15) is 0 Å². The normalized spacial score (nSPS) is 11.6. The van der Waals surface area contributed by atoms with Crippen LogP contribution in [0.5, 0.6) is 0 Å². The Kier molecular flexibility index (Phi) is 5.82. The van der Waals surface area contributed by atoms with Crippen LogP contribution in [0.15, 0.2) is 22.7 Å². The first-order valence-electron chi connectivity index (χ1n) is 5.83. The van der Waals surface area contributed by atoms with Crippen LogP contribution in [-0.4, -0.2) is 25.7 Å². The number of aryl methyl sites for hydroxylation is 1. The molecule has 2 amide bonds. The van der Waals surface area contributed by atoms with Gasteiger partial charge in [0.25, 0.3) is 0 Å². The summed E-state index contributed by atoms with van der Waals surface area (Å²) < 4.78 is 5.47. The Morgan fingerprint density at radius 2 is 2.11 bits per heavy atom. The smallest absolute Gasteiger partial charge is 0.319 e. The Morgan fingerprint density at radius 3 is 2.74 bits per heavy atom. The summed E-state index contributed by atoms with van der Waals surface area (Å²) >= 11 is 3.34. The fourth-order valence-corrected chi connectivity index (χ4v) is 1.79. The van der Waals surface area contributed by atoms with Gasteiger partial charge in [-0.15, -0.1) is 0 Å². The van der Waals surface area contributed by atoms with Gasteiger partial charge in [0.15, 0.2) is 0 Å². The van der Waals surface area contributed by atoms with Crippen LogP contribution in [0.4, 0.5) is 10.5 Å². The van der Waals surface area contributed by atoms with Gasteiger partial charge < -0.3 is 15.4 Å². The number of carbonyl (C=O) groups is 2. The van der Waals surface area contributed by atoms with Crippen LogP contribution >= 0.6 is 15.9 Å². The van der Waals surface area contributed by atoms with E-state index in [2.05, 4.69) is 31.3 Å². The van der Waals surface area contributed by atoms with Gasteiger partial charge in [0, 0.05) is 16.7 Å². The molecule has 0 aliphatic carbocycles. The van der Waals surface area contributed by atoms with Crippen molar-refractivity contribution in [2.24, 2.45) is 5.92 Å². The quantitative estimate of drug-likeness (QED) is 0.835. The first-order chi connectivity index (χ1) is 8.93. The van der Waals surface area contributed by atoms with Crippen LogP contribution in [-0.2, 0) is 9.53 Å². The molecule has 1 atom stereocenters. The predicted molar refractivity (Wildman–Crippen MR) is 77.1 cm³/mol. The highest BCUT2D eigenvalue weighted by molar-refractivity contribution is 9.10. The van der Waals surface area contributed by atoms with Crippen molar-refractivity contribution in [2.45, 2.75) is 13.8 Å². The molecular weight excluding hydrogens is 312 g/mol. The fourth-order valence-electron chi connectivity index (χ4n) is 1.43. The van der Waals surface area contributed by atoms with Crippen molar-refractivity contribution in [3.63, 3.8) is 0 Å². The van der Waals surface area contributed by atoms with Gasteiger partial charge in [-0.25, -0.2) is 4.79 Å². The summed E-state index contributed by atoms with van der Waals surface area (Å²) in [5.41, 5.74) is 1.68. The summed E-state index contributed by atoms with van der Waals surface area (Å²) in [5, 5.41) is 5.36. The molecule has 0 aliphatic rings. The predicted octanol–water partition coefficient (Wildman–Crippen LogP) is 2.69. The van der Waals surface area contributed by atoms with Crippen molar-refractivity contribution in [2.75, 3.05) is 19.0 Å². The van der Waals surface area contributed by atoms with Crippen LogP contribution in [0.1, 0.15) is 12.5 Å². The van der Waals surface area contributed by atoms with Gasteiger partial charge in [0.2, 0.25) is 0 Å². The van der Waals surface area contributed by atoms with Crippen molar-refractivity contribution in [1.82, 2.24) is 5.32 Å². The minimum atomic E-state index is -0.376. The van der Waals surface area contributed by atoms with E-state index in [1.165, 1.54) is 7.11 Å².